The molecule has 1 fully saturated rings. The second kappa shape index (κ2) is 8.97. The lowest BCUT2D eigenvalue weighted by molar-refractivity contribution is -0.166. The first kappa shape index (κ1) is 20.0. The molecule has 2 amide bonds. The van der Waals surface area contributed by atoms with Crippen LogP contribution in [0, 0.1) is 5.41 Å². The van der Waals surface area contributed by atoms with Gasteiger partial charge in [0.05, 0.1) is 6.61 Å². The molecular formula is C22H23NO4S. The highest BCUT2D eigenvalue weighted by Gasteiger charge is 2.52. The maximum atomic E-state index is 13.3. The van der Waals surface area contributed by atoms with E-state index in [1.807, 2.05) is 35.7 Å². The van der Waals surface area contributed by atoms with Crippen molar-refractivity contribution in [3.8, 4) is 0 Å². The first-order chi connectivity index (χ1) is 13.6. The summed E-state index contributed by atoms with van der Waals surface area (Å²) in [6, 6.07) is 12.6. The van der Waals surface area contributed by atoms with Crippen LogP contribution in [0.5, 0.6) is 0 Å². The van der Waals surface area contributed by atoms with Gasteiger partial charge in [-0.25, -0.2) is 0 Å². The maximum Gasteiger partial charge on any atom is 0.321 e. The number of imide groups is 1. The van der Waals surface area contributed by atoms with E-state index in [0.29, 0.717) is 24.9 Å². The first-order valence-electron chi connectivity index (χ1n) is 9.37. The van der Waals surface area contributed by atoms with Gasteiger partial charge in [-0.2, -0.15) is 0 Å². The summed E-state index contributed by atoms with van der Waals surface area (Å²) in [4.78, 5) is 41.3. The summed E-state index contributed by atoms with van der Waals surface area (Å²) in [5.41, 5.74) is -0.920. The summed E-state index contributed by atoms with van der Waals surface area (Å²) >= 11 is 1.58. The van der Waals surface area contributed by atoms with E-state index >= 15 is 0 Å². The molecule has 1 saturated heterocycles. The Balaban J connectivity index is 1.88. The molecular weight excluding hydrogens is 374 g/mol. The van der Waals surface area contributed by atoms with Crippen LogP contribution in [0.1, 0.15) is 41.4 Å². The molecule has 0 radical (unpaired) electrons. The van der Waals surface area contributed by atoms with Gasteiger partial charge in [-0.15, -0.1) is 11.3 Å². The minimum absolute atomic E-state index is 0.190. The van der Waals surface area contributed by atoms with Crippen LogP contribution < -0.4 is 0 Å². The van der Waals surface area contributed by atoms with E-state index in [9.17, 15) is 14.4 Å². The van der Waals surface area contributed by atoms with Gasteiger partial charge >= 0.3 is 5.97 Å². The molecule has 0 bridgehead atoms. The predicted molar refractivity (Wildman–Crippen MR) is 109 cm³/mol. The summed E-state index contributed by atoms with van der Waals surface area (Å²) in [6.45, 7) is 2.21. The van der Waals surface area contributed by atoms with E-state index in [0.717, 1.165) is 4.88 Å². The van der Waals surface area contributed by atoms with Crippen LogP contribution in [0.15, 0.2) is 53.9 Å². The molecule has 2 heterocycles. The van der Waals surface area contributed by atoms with Gasteiger partial charge in [-0.05, 0) is 55.8 Å². The summed E-state index contributed by atoms with van der Waals surface area (Å²) in [7, 11) is 0. The zero-order valence-corrected chi connectivity index (χ0v) is 16.6. The topological polar surface area (TPSA) is 63.7 Å². The van der Waals surface area contributed by atoms with Crippen molar-refractivity contribution >= 4 is 35.2 Å². The molecule has 1 aliphatic heterocycles. The van der Waals surface area contributed by atoms with Crippen molar-refractivity contribution in [2.24, 2.45) is 5.41 Å². The van der Waals surface area contributed by atoms with Crippen molar-refractivity contribution in [3.63, 3.8) is 0 Å². The number of amides is 2. The monoisotopic (exact) mass is 397 g/mol. The highest BCUT2D eigenvalue weighted by atomic mass is 32.1. The lowest BCUT2D eigenvalue weighted by Crippen LogP contribution is -2.55. The fourth-order valence-electron chi connectivity index (χ4n) is 3.43. The third-order valence-corrected chi connectivity index (χ3v) is 5.70. The molecule has 3 rings (SSSR count). The van der Waals surface area contributed by atoms with E-state index in [4.69, 9.17) is 4.74 Å². The standard InChI is InChI=1S/C22H23NO4S/c1-2-27-21(26)22(13-6-11-18-12-7-16-28-18)14-8-15-23(20(22)25)19(24)17-9-4-3-5-10-17/h3-7,9-12,16H,2,8,13-15H2,1H3/t22-/m0/s1. The van der Waals surface area contributed by atoms with Crippen LogP contribution in [-0.2, 0) is 14.3 Å². The quantitative estimate of drug-likeness (QED) is 0.417. The number of hydrogen-bond donors (Lipinski definition) is 0. The molecule has 0 unspecified atom stereocenters. The predicted octanol–water partition coefficient (Wildman–Crippen LogP) is 4.16. The summed E-state index contributed by atoms with van der Waals surface area (Å²) < 4.78 is 5.25. The molecule has 146 valence electrons. The number of carbonyl (C=O) groups is 3. The van der Waals surface area contributed by atoms with Gasteiger partial charge in [0.2, 0.25) is 5.91 Å². The van der Waals surface area contributed by atoms with Crippen molar-refractivity contribution in [1.29, 1.82) is 0 Å². The van der Waals surface area contributed by atoms with Crippen LogP contribution in [0.2, 0.25) is 0 Å². The SMILES string of the molecule is CCOC(=O)[C@@]1(CC=Cc2cccs2)CCCN(C(=O)c2ccccc2)C1=O. The zero-order chi connectivity index (χ0) is 20.0. The summed E-state index contributed by atoms with van der Waals surface area (Å²) in [5, 5.41) is 1.97. The third kappa shape index (κ3) is 4.07. The number of thiophene rings is 1. The number of allylic oxidation sites excluding steroid dienone is 1. The molecule has 1 aromatic heterocycles. The number of piperidine rings is 1. The van der Waals surface area contributed by atoms with E-state index < -0.39 is 17.3 Å². The molecule has 0 N–H and O–H groups in total. The smallest absolute Gasteiger partial charge is 0.321 e. The van der Waals surface area contributed by atoms with Gasteiger partial charge in [-0.3, -0.25) is 19.3 Å². The van der Waals surface area contributed by atoms with Gasteiger partial charge < -0.3 is 4.74 Å². The van der Waals surface area contributed by atoms with Crippen LogP contribution in [0.4, 0.5) is 0 Å². The second-order valence-corrected chi connectivity index (χ2v) is 7.64. The maximum absolute atomic E-state index is 13.3. The van der Waals surface area contributed by atoms with E-state index in [-0.39, 0.29) is 18.9 Å². The van der Waals surface area contributed by atoms with Gasteiger partial charge in [0.1, 0.15) is 0 Å². The highest BCUT2D eigenvalue weighted by molar-refractivity contribution is 7.10. The Bertz CT molecular complexity index is 860. The Labute approximate surface area is 168 Å². The zero-order valence-electron chi connectivity index (χ0n) is 15.8. The third-order valence-electron chi connectivity index (χ3n) is 4.86. The summed E-state index contributed by atoms with van der Waals surface area (Å²) in [5.74, 6) is -1.40. The number of likely N-dealkylation sites (tertiary alicyclic amines) is 1. The Morgan fingerprint density at radius 3 is 2.68 bits per heavy atom. The van der Waals surface area contributed by atoms with Crippen LogP contribution in [0.25, 0.3) is 6.08 Å². The molecule has 0 aliphatic carbocycles. The van der Waals surface area contributed by atoms with E-state index in [2.05, 4.69) is 0 Å². The van der Waals surface area contributed by atoms with Gasteiger partial charge in [0, 0.05) is 17.0 Å². The lowest BCUT2D eigenvalue weighted by atomic mass is 9.75. The molecule has 6 heteroatoms. The second-order valence-electron chi connectivity index (χ2n) is 6.66. The van der Waals surface area contributed by atoms with Crippen molar-refractivity contribution in [2.45, 2.75) is 26.2 Å². The molecule has 2 aromatic rings. The van der Waals surface area contributed by atoms with Crippen LogP contribution in [0.3, 0.4) is 0 Å². The molecule has 0 spiro atoms. The average Bonchev–Trinajstić information content (AvgIpc) is 3.23. The normalized spacial score (nSPS) is 19.8. The van der Waals surface area contributed by atoms with E-state index in [1.54, 1.807) is 42.5 Å². The summed E-state index contributed by atoms with van der Waals surface area (Å²) in [6.07, 6.45) is 4.88. The van der Waals surface area contributed by atoms with Gasteiger partial charge in [0.15, 0.2) is 5.41 Å². The molecule has 0 saturated carbocycles. The largest absolute Gasteiger partial charge is 0.465 e. The molecule has 1 aliphatic rings. The van der Waals surface area contributed by atoms with Crippen LogP contribution >= 0.6 is 11.3 Å². The number of ether oxygens (including phenoxy) is 1. The van der Waals surface area contributed by atoms with Crippen molar-refractivity contribution < 1.29 is 19.1 Å². The van der Waals surface area contributed by atoms with Crippen molar-refractivity contribution in [2.75, 3.05) is 13.2 Å². The van der Waals surface area contributed by atoms with Gasteiger partial charge in [0.25, 0.3) is 5.91 Å². The number of benzene rings is 1. The number of nitrogens with zero attached hydrogens (tertiary/aromatic N) is 1. The lowest BCUT2D eigenvalue weighted by Gasteiger charge is -2.38. The Morgan fingerprint density at radius 2 is 2.00 bits per heavy atom. The van der Waals surface area contributed by atoms with Gasteiger partial charge in [-0.1, -0.05) is 30.3 Å². The molecule has 28 heavy (non-hydrogen) atoms. The Kier molecular flexibility index (Phi) is 6.41. The Morgan fingerprint density at radius 1 is 1.21 bits per heavy atom. The van der Waals surface area contributed by atoms with Crippen molar-refractivity contribution in [3.05, 3.63) is 64.4 Å². The molecule has 1 atom stereocenters. The number of hydrogen-bond acceptors (Lipinski definition) is 5. The molecule has 1 aromatic carbocycles. The molecule has 5 nitrogen and oxygen atoms in total. The van der Waals surface area contributed by atoms with Crippen molar-refractivity contribution in [1.82, 2.24) is 4.90 Å². The fraction of sp³-hybridized carbons (Fsp3) is 0.318. The minimum Gasteiger partial charge on any atom is -0.465 e. The number of rotatable bonds is 6. The average molecular weight is 397 g/mol. The Hall–Kier alpha value is -2.73. The fourth-order valence-corrected chi connectivity index (χ4v) is 4.08. The minimum atomic E-state index is -1.35. The highest BCUT2D eigenvalue weighted by Crippen LogP contribution is 2.37. The number of carbonyl (C=O) groups excluding carboxylic acids is 3. The first-order valence-corrected chi connectivity index (χ1v) is 10.2. The number of esters is 1. The van der Waals surface area contributed by atoms with E-state index in [1.165, 1.54) is 4.90 Å². The van der Waals surface area contributed by atoms with Crippen LogP contribution in [-0.4, -0.2) is 35.8 Å².